The van der Waals surface area contributed by atoms with Gasteiger partial charge < -0.3 is 10.6 Å². The van der Waals surface area contributed by atoms with Crippen molar-refractivity contribution >= 4 is 11.5 Å². The predicted molar refractivity (Wildman–Crippen MR) is 76.5 cm³/mol. The highest BCUT2D eigenvalue weighted by atomic mass is 15.3. The number of aromatic nitrogens is 3. The van der Waals surface area contributed by atoms with Gasteiger partial charge in [-0.15, -0.1) is 0 Å². The number of hydrogen-bond donors (Lipinski definition) is 2. The smallest absolute Gasteiger partial charge is 0.157 e. The fourth-order valence-electron chi connectivity index (χ4n) is 2.63. The van der Waals surface area contributed by atoms with Crippen LogP contribution in [0.15, 0.2) is 18.3 Å². The molecule has 3 rings (SSSR count). The topological polar surface area (TPSA) is 54.2 Å². The second-order valence-electron chi connectivity index (χ2n) is 5.16. The summed E-state index contributed by atoms with van der Waals surface area (Å²) in [6.45, 7) is 4.27. The van der Waals surface area contributed by atoms with Crippen LogP contribution >= 0.6 is 0 Å². The first-order chi connectivity index (χ1) is 9.36. The Kier molecular flexibility index (Phi) is 3.64. The molecule has 0 radical (unpaired) electrons. The number of nitrogens with zero attached hydrogens (tertiary/aromatic N) is 3. The summed E-state index contributed by atoms with van der Waals surface area (Å²) in [5.74, 6) is 1.05. The Morgan fingerprint density at radius 1 is 1.53 bits per heavy atom. The van der Waals surface area contributed by atoms with Crippen LogP contribution in [0, 0.1) is 0 Å². The molecule has 19 heavy (non-hydrogen) atoms. The molecule has 2 aromatic heterocycles. The van der Waals surface area contributed by atoms with Crippen molar-refractivity contribution in [3.8, 4) is 0 Å². The Morgan fingerprint density at radius 2 is 2.47 bits per heavy atom. The number of rotatable bonds is 5. The Labute approximate surface area is 113 Å². The van der Waals surface area contributed by atoms with E-state index in [9.17, 15) is 0 Å². The van der Waals surface area contributed by atoms with E-state index in [4.69, 9.17) is 0 Å². The Morgan fingerprint density at radius 3 is 3.26 bits per heavy atom. The third kappa shape index (κ3) is 2.71. The monoisotopic (exact) mass is 259 g/mol. The average molecular weight is 259 g/mol. The van der Waals surface area contributed by atoms with Crippen molar-refractivity contribution in [3.05, 3.63) is 24.0 Å². The third-order valence-electron chi connectivity index (χ3n) is 3.61. The highest BCUT2D eigenvalue weighted by Gasteiger charge is 2.14. The summed E-state index contributed by atoms with van der Waals surface area (Å²) in [7, 11) is 0. The molecule has 2 N–H and O–H groups in total. The van der Waals surface area contributed by atoms with Crippen LogP contribution in [-0.2, 0) is 6.42 Å². The first-order valence-corrected chi connectivity index (χ1v) is 7.17. The number of anilines is 1. The standard InChI is InChI=1S/C14H21N5/c1-2-4-11-9-14(16-10-12-5-3-7-15-12)19-13(18-11)6-8-17-19/h6,8-9,12,15-16H,2-5,7,10H2,1H3. The molecule has 1 unspecified atom stereocenters. The number of nitrogens with one attached hydrogen (secondary N) is 2. The van der Waals surface area contributed by atoms with Crippen molar-refractivity contribution in [2.24, 2.45) is 0 Å². The van der Waals surface area contributed by atoms with Gasteiger partial charge in [-0.25, -0.2) is 4.98 Å². The molecule has 1 saturated heterocycles. The van der Waals surface area contributed by atoms with E-state index in [0.29, 0.717) is 6.04 Å². The van der Waals surface area contributed by atoms with Crippen LogP contribution in [0.1, 0.15) is 31.9 Å². The van der Waals surface area contributed by atoms with E-state index in [0.717, 1.165) is 43.1 Å². The maximum atomic E-state index is 4.61. The van der Waals surface area contributed by atoms with Crippen molar-refractivity contribution in [1.82, 2.24) is 19.9 Å². The van der Waals surface area contributed by atoms with Gasteiger partial charge in [-0.2, -0.15) is 9.61 Å². The first-order valence-electron chi connectivity index (χ1n) is 7.17. The molecule has 5 heteroatoms. The van der Waals surface area contributed by atoms with Crippen LogP contribution in [0.5, 0.6) is 0 Å². The van der Waals surface area contributed by atoms with Gasteiger partial charge in [-0.1, -0.05) is 13.3 Å². The zero-order chi connectivity index (χ0) is 13.1. The molecule has 1 atom stereocenters. The van der Waals surface area contributed by atoms with Crippen molar-refractivity contribution in [2.45, 2.75) is 38.6 Å². The lowest BCUT2D eigenvalue weighted by atomic mass is 10.2. The minimum Gasteiger partial charge on any atom is -0.368 e. The molecule has 1 fully saturated rings. The highest BCUT2D eigenvalue weighted by Crippen LogP contribution is 2.14. The summed E-state index contributed by atoms with van der Waals surface area (Å²) >= 11 is 0. The van der Waals surface area contributed by atoms with Gasteiger partial charge in [-0.05, 0) is 25.8 Å². The second-order valence-corrected chi connectivity index (χ2v) is 5.16. The zero-order valence-electron chi connectivity index (χ0n) is 11.4. The molecule has 0 aliphatic carbocycles. The fourth-order valence-corrected chi connectivity index (χ4v) is 2.63. The van der Waals surface area contributed by atoms with E-state index in [2.05, 4.69) is 33.7 Å². The molecule has 0 spiro atoms. The molecular formula is C14H21N5. The minimum atomic E-state index is 0.577. The highest BCUT2D eigenvalue weighted by molar-refractivity contribution is 5.49. The van der Waals surface area contributed by atoms with Gasteiger partial charge in [-0.3, -0.25) is 0 Å². The van der Waals surface area contributed by atoms with Crippen molar-refractivity contribution in [3.63, 3.8) is 0 Å². The molecule has 1 aliphatic heterocycles. The molecule has 1 aliphatic rings. The maximum Gasteiger partial charge on any atom is 0.157 e. The molecule has 0 bridgehead atoms. The minimum absolute atomic E-state index is 0.577. The van der Waals surface area contributed by atoms with Crippen LogP contribution in [0.4, 0.5) is 5.82 Å². The molecule has 2 aromatic rings. The van der Waals surface area contributed by atoms with E-state index < -0.39 is 0 Å². The lowest BCUT2D eigenvalue weighted by Gasteiger charge is -2.14. The molecule has 0 aromatic carbocycles. The van der Waals surface area contributed by atoms with Gasteiger partial charge in [0.2, 0.25) is 0 Å². The lowest BCUT2D eigenvalue weighted by Crippen LogP contribution is -2.29. The van der Waals surface area contributed by atoms with E-state index in [1.165, 1.54) is 12.8 Å². The maximum absolute atomic E-state index is 4.61. The first kappa shape index (κ1) is 12.4. The van der Waals surface area contributed by atoms with E-state index in [1.807, 2.05) is 10.6 Å². The Hall–Kier alpha value is -1.62. The molecular weight excluding hydrogens is 238 g/mol. The van der Waals surface area contributed by atoms with Crippen LogP contribution in [0.3, 0.4) is 0 Å². The summed E-state index contributed by atoms with van der Waals surface area (Å²) in [4.78, 5) is 4.61. The number of hydrogen-bond acceptors (Lipinski definition) is 4. The molecule has 102 valence electrons. The largest absolute Gasteiger partial charge is 0.368 e. The predicted octanol–water partition coefficient (Wildman–Crippen LogP) is 1.85. The summed E-state index contributed by atoms with van der Waals surface area (Å²) in [5, 5.41) is 11.3. The summed E-state index contributed by atoms with van der Waals surface area (Å²) in [6, 6.07) is 4.66. The summed E-state index contributed by atoms with van der Waals surface area (Å²) < 4.78 is 1.88. The molecule has 0 saturated carbocycles. The Bertz CT molecular complexity index is 542. The quantitative estimate of drug-likeness (QED) is 0.860. The summed E-state index contributed by atoms with van der Waals surface area (Å²) in [6.07, 6.45) is 6.46. The van der Waals surface area contributed by atoms with Crippen LogP contribution in [0.2, 0.25) is 0 Å². The van der Waals surface area contributed by atoms with E-state index >= 15 is 0 Å². The van der Waals surface area contributed by atoms with E-state index in [1.54, 1.807) is 6.20 Å². The average Bonchev–Trinajstić information content (AvgIpc) is 3.07. The Balaban J connectivity index is 1.80. The number of aryl methyl sites for hydroxylation is 1. The second kappa shape index (κ2) is 5.57. The molecule has 0 amide bonds. The SMILES string of the molecule is CCCc1cc(NCC2CCCN2)n2nccc2n1. The van der Waals surface area contributed by atoms with Crippen LogP contribution in [-0.4, -0.2) is 33.7 Å². The number of fused-ring (bicyclic) bond motifs is 1. The van der Waals surface area contributed by atoms with Crippen molar-refractivity contribution < 1.29 is 0 Å². The summed E-state index contributed by atoms with van der Waals surface area (Å²) in [5.41, 5.74) is 2.06. The zero-order valence-corrected chi connectivity index (χ0v) is 11.4. The van der Waals surface area contributed by atoms with Gasteiger partial charge in [0, 0.05) is 30.4 Å². The molecule has 5 nitrogen and oxygen atoms in total. The van der Waals surface area contributed by atoms with Crippen molar-refractivity contribution in [2.75, 3.05) is 18.4 Å². The van der Waals surface area contributed by atoms with Crippen LogP contribution < -0.4 is 10.6 Å². The van der Waals surface area contributed by atoms with Crippen LogP contribution in [0.25, 0.3) is 5.65 Å². The molecule has 3 heterocycles. The van der Waals surface area contributed by atoms with Gasteiger partial charge in [0.15, 0.2) is 5.65 Å². The normalized spacial score (nSPS) is 19.1. The van der Waals surface area contributed by atoms with Gasteiger partial charge in [0.25, 0.3) is 0 Å². The lowest BCUT2D eigenvalue weighted by molar-refractivity contribution is 0.630. The van der Waals surface area contributed by atoms with E-state index in [-0.39, 0.29) is 0 Å². The fraction of sp³-hybridized carbons (Fsp3) is 0.571. The third-order valence-corrected chi connectivity index (χ3v) is 3.61. The van der Waals surface area contributed by atoms with Gasteiger partial charge in [0.1, 0.15) is 5.82 Å². The van der Waals surface area contributed by atoms with Gasteiger partial charge in [0.05, 0.1) is 6.20 Å². The van der Waals surface area contributed by atoms with Crippen molar-refractivity contribution in [1.29, 1.82) is 0 Å². The van der Waals surface area contributed by atoms with Gasteiger partial charge >= 0.3 is 0 Å².